The molecule has 0 bridgehead atoms. The van der Waals surface area contributed by atoms with Crippen molar-refractivity contribution >= 4 is 11.5 Å². The third-order valence-corrected chi connectivity index (χ3v) is 3.46. The van der Waals surface area contributed by atoms with Gasteiger partial charge >= 0.3 is 0 Å². The SMILES string of the molecule is CC(=O)c1cccc(NCC2CNCCN2C)c1. The Morgan fingerprint density at radius 2 is 2.39 bits per heavy atom. The molecule has 18 heavy (non-hydrogen) atoms. The minimum atomic E-state index is 0.107. The first-order chi connectivity index (χ1) is 8.66. The number of nitrogens with zero attached hydrogens (tertiary/aromatic N) is 1. The van der Waals surface area contributed by atoms with Crippen LogP contribution in [-0.4, -0.2) is 50.0 Å². The summed E-state index contributed by atoms with van der Waals surface area (Å²) in [6.07, 6.45) is 0. The number of ketones is 1. The van der Waals surface area contributed by atoms with Gasteiger partial charge in [0.05, 0.1) is 0 Å². The predicted molar refractivity (Wildman–Crippen MR) is 74.2 cm³/mol. The highest BCUT2D eigenvalue weighted by molar-refractivity contribution is 5.94. The molecular weight excluding hydrogens is 226 g/mol. The number of hydrogen-bond acceptors (Lipinski definition) is 4. The van der Waals surface area contributed by atoms with E-state index in [1.165, 1.54) is 0 Å². The highest BCUT2D eigenvalue weighted by Crippen LogP contribution is 2.12. The van der Waals surface area contributed by atoms with Crippen LogP contribution in [0.3, 0.4) is 0 Å². The first kappa shape index (κ1) is 13.1. The summed E-state index contributed by atoms with van der Waals surface area (Å²) in [5.41, 5.74) is 1.77. The maximum atomic E-state index is 11.3. The van der Waals surface area contributed by atoms with Crippen LogP contribution >= 0.6 is 0 Å². The van der Waals surface area contributed by atoms with Gasteiger partial charge in [0, 0.05) is 43.5 Å². The van der Waals surface area contributed by atoms with Crippen LogP contribution in [0.5, 0.6) is 0 Å². The summed E-state index contributed by atoms with van der Waals surface area (Å²) in [6.45, 7) is 5.64. The standard InChI is InChI=1S/C14H21N3O/c1-11(18)12-4-3-5-13(8-12)16-10-14-9-15-6-7-17(14)2/h3-5,8,14-16H,6-7,9-10H2,1-2H3. The summed E-state index contributed by atoms with van der Waals surface area (Å²) in [5, 5.41) is 6.80. The van der Waals surface area contributed by atoms with Crippen LogP contribution in [0.2, 0.25) is 0 Å². The van der Waals surface area contributed by atoms with Gasteiger partial charge in [0.2, 0.25) is 0 Å². The minimum Gasteiger partial charge on any atom is -0.383 e. The van der Waals surface area contributed by atoms with E-state index in [1.807, 2.05) is 24.3 Å². The lowest BCUT2D eigenvalue weighted by molar-refractivity contribution is 0.101. The molecule has 0 aliphatic carbocycles. The predicted octanol–water partition coefficient (Wildman–Crippen LogP) is 1.20. The molecule has 1 fully saturated rings. The number of carbonyl (C=O) groups excluding carboxylic acids is 1. The summed E-state index contributed by atoms with van der Waals surface area (Å²) in [7, 11) is 2.15. The van der Waals surface area contributed by atoms with E-state index in [0.29, 0.717) is 6.04 Å². The Morgan fingerprint density at radius 1 is 1.56 bits per heavy atom. The van der Waals surface area contributed by atoms with E-state index in [4.69, 9.17) is 0 Å². The lowest BCUT2D eigenvalue weighted by Crippen LogP contribution is -2.52. The number of carbonyl (C=O) groups is 1. The third kappa shape index (κ3) is 3.31. The molecule has 0 aromatic heterocycles. The molecule has 2 N–H and O–H groups in total. The molecule has 1 saturated heterocycles. The van der Waals surface area contributed by atoms with Gasteiger partial charge in [-0.1, -0.05) is 12.1 Å². The summed E-state index contributed by atoms with van der Waals surface area (Å²) in [5.74, 6) is 0.107. The molecule has 0 radical (unpaired) electrons. The van der Waals surface area contributed by atoms with Crippen molar-refractivity contribution in [1.29, 1.82) is 0 Å². The second kappa shape index (κ2) is 5.98. The lowest BCUT2D eigenvalue weighted by Gasteiger charge is -2.33. The first-order valence-corrected chi connectivity index (χ1v) is 6.42. The molecule has 1 aliphatic rings. The highest BCUT2D eigenvalue weighted by Gasteiger charge is 2.17. The van der Waals surface area contributed by atoms with E-state index < -0.39 is 0 Å². The van der Waals surface area contributed by atoms with E-state index in [0.717, 1.165) is 37.4 Å². The highest BCUT2D eigenvalue weighted by atomic mass is 16.1. The fraction of sp³-hybridized carbons (Fsp3) is 0.500. The number of Topliss-reactive ketones (excluding diaryl/α,β-unsaturated/α-hetero) is 1. The van der Waals surface area contributed by atoms with Gasteiger partial charge in [0.15, 0.2) is 5.78 Å². The first-order valence-electron chi connectivity index (χ1n) is 6.42. The van der Waals surface area contributed by atoms with E-state index in [2.05, 4.69) is 22.6 Å². The normalized spacial score (nSPS) is 20.7. The molecule has 4 heteroatoms. The number of hydrogen-bond donors (Lipinski definition) is 2. The van der Waals surface area contributed by atoms with Gasteiger partial charge in [-0.2, -0.15) is 0 Å². The molecule has 0 spiro atoms. The molecule has 1 aliphatic heterocycles. The van der Waals surface area contributed by atoms with Crippen LogP contribution in [-0.2, 0) is 0 Å². The largest absolute Gasteiger partial charge is 0.383 e. The summed E-state index contributed by atoms with van der Waals surface area (Å²) >= 11 is 0. The molecule has 1 heterocycles. The van der Waals surface area contributed by atoms with Crippen molar-refractivity contribution in [2.45, 2.75) is 13.0 Å². The topological polar surface area (TPSA) is 44.4 Å². The molecule has 0 saturated carbocycles. The maximum Gasteiger partial charge on any atom is 0.159 e. The summed E-state index contributed by atoms with van der Waals surface area (Å²) in [6, 6.07) is 8.19. The minimum absolute atomic E-state index is 0.107. The van der Waals surface area contributed by atoms with E-state index in [-0.39, 0.29) is 5.78 Å². The fourth-order valence-corrected chi connectivity index (χ4v) is 2.17. The summed E-state index contributed by atoms with van der Waals surface area (Å²) < 4.78 is 0. The van der Waals surface area contributed by atoms with Crippen LogP contribution in [0, 0.1) is 0 Å². The Bertz CT molecular complexity index is 419. The molecule has 98 valence electrons. The van der Waals surface area contributed by atoms with Crippen molar-refractivity contribution in [1.82, 2.24) is 10.2 Å². The molecule has 2 rings (SSSR count). The average Bonchev–Trinajstić information content (AvgIpc) is 2.38. The number of anilines is 1. The average molecular weight is 247 g/mol. The van der Waals surface area contributed by atoms with Crippen molar-refractivity contribution < 1.29 is 4.79 Å². The zero-order valence-electron chi connectivity index (χ0n) is 11.1. The van der Waals surface area contributed by atoms with Gasteiger partial charge in [-0.15, -0.1) is 0 Å². The number of likely N-dealkylation sites (N-methyl/N-ethyl adjacent to an activating group) is 1. The Kier molecular flexibility index (Phi) is 4.33. The van der Waals surface area contributed by atoms with Gasteiger partial charge in [-0.3, -0.25) is 9.69 Å². The van der Waals surface area contributed by atoms with Gasteiger partial charge in [0.25, 0.3) is 0 Å². The van der Waals surface area contributed by atoms with E-state index >= 15 is 0 Å². The van der Waals surface area contributed by atoms with Gasteiger partial charge < -0.3 is 10.6 Å². The molecule has 1 aromatic carbocycles. The lowest BCUT2D eigenvalue weighted by atomic mass is 10.1. The third-order valence-electron chi connectivity index (χ3n) is 3.46. The van der Waals surface area contributed by atoms with Crippen LogP contribution in [0.4, 0.5) is 5.69 Å². The number of piperazine rings is 1. The number of rotatable bonds is 4. The quantitative estimate of drug-likeness (QED) is 0.785. The van der Waals surface area contributed by atoms with Gasteiger partial charge in [-0.05, 0) is 26.1 Å². The Hall–Kier alpha value is -1.39. The molecular formula is C14H21N3O. The number of nitrogens with one attached hydrogen (secondary N) is 2. The monoisotopic (exact) mass is 247 g/mol. The van der Waals surface area contributed by atoms with E-state index in [9.17, 15) is 4.79 Å². The Labute approximate surface area is 108 Å². The second-order valence-corrected chi connectivity index (χ2v) is 4.86. The molecule has 1 atom stereocenters. The van der Waals surface area contributed by atoms with Gasteiger partial charge in [-0.25, -0.2) is 0 Å². The zero-order chi connectivity index (χ0) is 13.0. The Morgan fingerprint density at radius 3 is 3.11 bits per heavy atom. The van der Waals surface area contributed by atoms with E-state index in [1.54, 1.807) is 6.92 Å². The van der Waals surface area contributed by atoms with Crippen molar-refractivity contribution in [2.75, 3.05) is 38.5 Å². The smallest absolute Gasteiger partial charge is 0.159 e. The summed E-state index contributed by atoms with van der Waals surface area (Å²) in [4.78, 5) is 13.7. The fourth-order valence-electron chi connectivity index (χ4n) is 2.17. The van der Waals surface area contributed by atoms with Crippen LogP contribution in [0.25, 0.3) is 0 Å². The van der Waals surface area contributed by atoms with Crippen molar-refractivity contribution in [3.8, 4) is 0 Å². The zero-order valence-corrected chi connectivity index (χ0v) is 11.1. The second-order valence-electron chi connectivity index (χ2n) is 4.86. The molecule has 1 aromatic rings. The van der Waals surface area contributed by atoms with Crippen molar-refractivity contribution in [3.63, 3.8) is 0 Å². The van der Waals surface area contributed by atoms with Gasteiger partial charge in [0.1, 0.15) is 0 Å². The molecule has 0 amide bonds. The van der Waals surface area contributed by atoms with Crippen LogP contribution < -0.4 is 10.6 Å². The molecule has 1 unspecified atom stereocenters. The molecule has 4 nitrogen and oxygen atoms in total. The van der Waals surface area contributed by atoms with Crippen molar-refractivity contribution in [2.24, 2.45) is 0 Å². The van der Waals surface area contributed by atoms with Crippen molar-refractivity contribution in [3.05, 3.63) is 29.8 Å². The maximum absolute atomic E-state index is 11.3. The van der Waals surface area contributed by atoms with Crippen LogP contribution in [0.1, 0.15) is 17.3 Å². The number of benzene rings is 1. The Balaban J connectivity index is 1.93. The van der Waals surface area contributed by atoms with Crippen LogP contribution in [0.15, 0.2) is 24.3 Å².